The van der Waals surface area contributed by atoms with Gasteiger partial charge in [0.05, 0.1) is 0 Å². The quantitative estimate of drug-likeness (QED) is 0.615. The molecule has 0 aromatic rings. The van der Waals surface area contributed by atoms with Crippen molar-refractivity contribution in [2.45, 2.75) is 46.5 Å². The Labute approximate surface area is 112 Å². The molecule has 0 spiro atoms. The van der Waals surface area contributed by atoms with Gasteiger partial charge in [-0.2, -0.15) is 0 Å². The maximum atomic E-state index is 2.46. The second-order valence-corrected chi connectivity index (χ2v) is 5.92. The van der Waals surface area contributed by atoms with Crippen LogP contribution in [0.3, 0.4) is 0 Å². The van der Waals surface area contributed by atoms with Crippen molar-refractivity contribution in [3.05, 3.63) is 47.6 Å². The number of hydrogen-bond donors (Lipinski definition) is 0. The molecule has 0 N–H and O–H groups in total. The zero-order valence-electron chi connectivity index (χ0n) is 12.0. The highest BCUT2D eigenvalue weighted by Gasteiger charge is 2.18. The van der Waals surface area contributed by atoms with E-state index in [1.807, 2.05) is 0 Å². The van der Waals surface area contributed by atoms with Gasteiger partial charge in [-0.05, 0) is 55.9 Å². The standard InChI is InChI=1S/C18H26/c1-4-17(18-11-7-15(3)8-12-18)13-16-9-5-14(2)6-10-16/h5-7,9,11-12,15-17H,4,8,10,13H2,1-3H3. The van der Waals surface area contributed by atoms with E-state index >= 15 is 0 Å². The second-order valence-electron chi connectivity index (χ2n) is 5.92. The van der Waals surface area contributed by atoms with Crippen LogP contribution in [0.4, 0.5) is 0 Å². The highest BCUT2D eigenvalue weighted by atomic mass is 14.2. The molecular weight excluding hydrogens is 216 g/mol. The lowest BCUT2D eigenvalue weighted by atomic mass is 9.81. The molecule has 2 rings (SSSR count). The van der Waals surface area contributed by atoms with Crippen LogP contribution in [-0.4, -0.2) is 0 Å². The smallest absolute Gasteiger partial charge is 0.0162 e. The first kappa shape index (κ1) is 13.4. The zero-order valence-corrected chi connectivity index (χ0v) is 12.0. The zero-order chi connectivity index (χ0) is 13.0. The lowest BCUT2D eigenvalue weighted by Crippen LogP contribution is -2.11. The molecule has 0 fully saturated rings. The Kier molecular flexibility index (Phi) is 4.63. The van der Waals surface area contributed by atoms with Crippen molar-refractivity contribution < 1.29 is 0 Å². The fraction of sp³-hybridized carbons (Fsp3) is 0.556. The lowest BCUT2D eigenvalue weighted by molar-refractivity contribution is 0.455. The summed E-state index contributed by atoms with van der Waals surface area (Å²) in [6.45, 7) is 6.81. The maximum absolute atomic E-state index is 2.46. The predicted molar refractivity (Wildman–Crippen MR) is 80.4 cm³/mol. The van der Waals surface area contributed by atoms with Gasteiger partial charge in [0.15, 0.2) is 0 Å². The third-order valence-electron chi connectivity index (χ3n) is 4.27. The minimum atomic E-state index is 0.728. The first-order chi connectivity index (χ1) is 8.69. The van der Waals surface area contributed by atoms with Crippen molar-refractivity contribution in [3.63, 3.8) is 0 Å². The molecule has 18 heavy (non-hydrogen) atoms. The highest BCUT2D eigenvalue weighted by molar-refractivity contribution is 5.27. The molecular formula is C18H26. The Morgan fingerprint density at radius 3 is 2.56 bits per heavy atom. The van der Waals surface area contributed by atoms with E-state index < -0.39 is 0 Å². The van der Waals surface area contributed by atoms with Crippen LogP contribution >= 0.6 is 0 Å². The van der Waals surface area contributed by atoms with E-state index in [9.17, 15) is 0 Å². The summed E-state index contributed by atoms with van der Waals surface area (Å²) in [6, 6.07) is 0. The van der Waals surface area contributed by atoms with E-state index in [-0.39, 0.29) is 0 Å². The summed E-state index contributed by atoms with van der Waals surface area (Å²) in [4.78, 5) is 0. The Balaban J connectivity index is 1.94. The minimum Gasteiger partial charge on any atom is -0.0811 e. The van der Waals surface area contributed by atoms with E-state index in [0.29, 0.717) is 0 Å². The first-order valence-corrected chi connectivity index (χ1v) is 7.42. The van der Waals surface area contributed by atoms with Crippen molar-refractivity contribution in [1.29, 1.82) is 0 Å². The SMILES string of the molecule is CCC(CC1C=CC(C)=CC1)C1=CCC(C)C=C1. The summed E-state index contributed by atoms with van der Waals surface area (Å²) in [7, 11) is 0. The summed E-state index contributed by atoms with van der Waals surface area (Å²) in [5, 5.41) is 0. The molecule has 0 aromatic heterocycles. The topological polar surface area (TPSA) is 0 Å². The summed E-state index contributed by atoms with van der Waals surface area (Å²) in [6.07, 6.45) is 19.3. The van der Waals surface area contributed by atoms with Gasteiger partial charge >= 0.3 is 0 Å². The summed E-state index contributed by atoms with van der Waals surface area (Å²) in [5.41, 5.74) is 3.00. The van der Waals surface area contributed by atoms with Gasteiger partial charge in [0.25, 0.3) is 0 Å². The molecule has 2 aliphatic rings. The molecule has 0 radical (unpaired) electrons. The van der Waals surface area contributed by atoms with E-state index in [0.717, 1.165) is 17.8 Å². The van der Waals surface area contributed by atoms with E-state index in [1.165, 1.54) is 31.3 Å². The molecule has 0 aromatic carbocycles. The largest absolute Gasteiger partial charge is 0.0811 e. The van der Waals surface area contributed by atoms with Gasteiger partial charge in [0, 0.05) is 0 Å². The third kappa shape index (κ3) is 3.48. The predicted octanol–water partition coefficient (Wildman–Crippen LogP) is 5.45. The Morgan fingerprint density at radius 1 is 1.17 bits per heavy atom. The monoisotopic (exact) mass is 242 g/mol. The minimum absolute atomic E-state index is 0.728. The molecule has 0 bridgehead atoms. The fourth-order valence-electron chi connectivity index (χ4n) is 2.90. The van der Waals surface area contributed by atoms with Gasteiger partial charge in [-0.1, -0.05) is 55.9 Å². The van der Waals surface area contributed by atoms with Gasteiger partial charge < -0.3 is 0 Å². The van der Waals surface area contributed by atoms with Crippen LogP contribution in [0.5, 0.6) is 0 Å². The van der Waals surface area contributed by atoms with Crippen LogP contribution in [0.1, 0.15) is 46.5 Å². The molecule has 2 aliphatic carbocycles. The van der Waals surface area contributed by atoms with E-state index in [4.69, 9.17) is 0 Å². The van der Waals surface area contributed by atoms with Crippen molar-refractivity contribution in [3.8, 4) is 0 Å². The average molecular weight is 242 g/mol. The Bertz CT molecular complexity index is 392. The molecule has 0 saturated heterocycles. The van der Waals surface area contributed by atoms with Crippen LogP contribution in [0, 0.1) is 17.8 Å². The third-order valence-corrected chi connectivity index (χ3v) is 4.27. The van der Waals surface area contributed by atoms with Gasteiger partial charge in [0.1, 0.15) is 0 Å². The Hall–Kier alpha value is -1.04. The van der Waals surface area contributed by atoms with Gasteiger partial charge in [-0.15, -0.1) is 0 Å². The van der Waals surface area contributed by atoms with Crippen molar-refractivity contribution in [2.75, 3.05) is 0 Å². The molecule has 0 aliphatic heterocycles. The van der Waals surface area contributed by atoms with Gasteiger partial charge in [-0.25, -0.2) is 0 Å². The summed E-state index contributed by atoms with van der Waals surface area (Å²) in [5.74, 6) is 2.22. The number of rotatable bonds is 4. The second kappa shape index (κ2) is 6.22. The van der Waals surface area contributed by atoms with E-state index in [1.54, 1.807) is 5.57 Å². The van der Waals surface area contributed by atoms with Crippen LogP contribution in [0.25, 0.3) is 0 Å². The van der Waals surface area contributed by atoms with Gasteiger partial charge in [0.2, 0.25) is 0 Å². The lowest BCUT2D eigenvalue weighted by Gasteiger charge is -2.24. The van der Waals surface area contributed by atoms with Crippen LogP contribution < -0.4 is 0 Å². The molecule has 3 unspecified atom stereocenters. The summed E-state index contributed by atoms with van der Waals surface area (Å²) >= 11 is 0. The molecule has 3 atom stereocenters. The van der Waals surface area contributed by atoms with Gasteiger partial charge in [-0.3, -0.25) is 0 Å². The van der Waals surface area contributed by atoms with E-state index in [2.05, 4.69) is 57.2 Å². The number of allylic oxidation sites excluding steroid dienone is 8. The first-order valence-electron chi connectivity index (χ1n) is 7.42. The molecule has 0 amide bonds. The van der Waals surface area contributed by atoms with Crippen molar-refractivity contribution in [1.82, 2.24) is 0 Å². The Morgan fingerprint density at radius 2 is 2.00 bits per heavy atom. The maximum Gasteiger partial charge on any atom is -0.0162 e. The fourth-order valence-corrected chi connectivity index (χ4v) is 2.90. The van der Waals surface area contributed by atoms with Crippen molar-refractivity contribution >= 4 is 0 Å². The van der Waals surface area contributed by atoms with Crippen LogP contribution in [0.15, 0.2) is 47.6 Å². The average Bonchev–Trinajstić information content (AvgIpc) is 2.39. The molecule has 0 saturated carbocycles. The number of hydrogen-bond acceptors (Lipinski definition) is 0. The summed E-state index contributed by atoms with van der Waals surface area (Å²) < 4.78 is 0. The normalized spacial score (nSPS) is 28.8. The molecule has 98 valence electrons. The van der Waals surface area contributed by atoms with Crippen molar-refractivity contribution in [2.24, 2.45) is 17.8 Å². The molecule has 0 heteroatoms. The van der Waals surface area contributed by atoms with Crippen LogP contribution in [0.2, 0.25) is 0 Å². The van der Waals surface area contributed by atoms with Crippen LogP contribution in [-0.2, 0) is 0 Å². The highest BCUT2D eigenvalue weighted by Crippen LogP contribution is 2.31. The molecule has 0 nitrogen and oxygen atoms in total. The molecule has 0 heterocycles.